The number of anilines is 1. The standard InChI is InChI=1S/C11H12BrNO/c1-3-6-13(2)11-5-4-10(12)7-9(11)8-14/h1,4-5,7,14H,6,8H2,2H3. The number of benzene rings is 1. The predicted molar refractivity (Wildman–Crippen MR) is 62.2 cm³/mol. The molecule has 1 rings (SSSR count). The molecule has 0 aliphatic heterocycles. The number of hydrogen-bond donors (Lipinski definition) is 1. The second-order valence-corrected chi connectivity index (χ2v) is 3.91. The third kappa shape index (κ3) is 2.50. The molecule has 0 amide bonds. The first kappa shape index (κ1) is 11.1. The zero-order chi connectivity index (χ0) is 10.6. The van der Waals surface area contributed by atoms with E-state index >= 15 is 0 Å². The first-order valence-electron chi connectivity index (χ1n) is 4.23. The largest absolute Gasteiger partial charge is 0.392 e. The topological polar surface area (TPSA) is 23.5 Å². The van der Waals surface area contributed by atoms with E-state index in [1.165, 1.54) is 0 Å². The van der Waals surface area contributed by atoms with E-state index in [4.69, 9.17) is 11.5 Å². The Morgan fingerprint density at radius 3 is 2.86 bits per heavy atom. The highest BCUT2D eigenvalue weighted by atomic mass is 79.9. The molecular weight excluding hydrogens is 242 g/mol. The maximum atomic E-state index is 9.16. The minimum Gasteiger partial charge on any atom is -0.392 e. The van der Waals surface area contributed by atoms with Crippen LogP contribution in [0.2, 0.25) is 0 Å². The molecule has 2 nitrogen and oxygen atoms in total. The van der Waals surface area contributed by atoms with Crippen molar-refractivity contribution in [2.45, 2.75) is 6.61 Å². The highest BCUT2D eigenvalue weighted by Gasteiger charge is 2.05. The lowest BCUT2D eigenvalue weighted by Crippen LogP contribution is -2.18. The van der Waals surface area contributed by atoms with Gasteiger partial charge in [0.15, 0.2) is 0 Å². The Hall–Kier alpha value is -0.980. The number of hydrogen-bond acceptors (Lipinski definition) is 2. The minimum atomic E-state index is 0.0175. The molecule has 0 radical (unpaired) electrons. The van der Waals surface area contributed by atoms with E-state index in [9.17, 15) is 0 Å². The Bertz CT molecular complexity index is 357. The zero-order valence-corrected chi connectivity index (χ0v) is 9.58. The Morgan fingerprint density at radius 2 is 2.29 bits per heavy atom. The molecule has 1 aromatic rings. The van der Waals surface area contributed by atoms with Gasteiger partial charge in [-0.1, -0.05) is 21.9 Å². The van der Waals surface area contributed by atoms with E-state index in [2.05, 4.69) is 21.9 Å². The summed E-state index contributed by atoms with van der Waals surface area (Å²) >= 11 is 3.36. The minimum absolute atomic E-state index is 0.0175. The van der Waals surface area contributed by atoms with Gasteiger partial charge in [-0.15, -0.1) is 6.42 Å². The predicted octanol–water partition coefficient (Wildman–Crippen LogP) is 2.01. The van der Waals surface area contributed by atoms with Gasteiger partial charge < -0.3 is 10.0 Å². The number of aliphatic hydroxyl groups is 1. The van der Waals surface area contributed by atoms with E-state index in [1.807, 2.05) is 30.1 Å². The van der Waals surface area contributed by atoms with Gasteiger partial charge in [0.1, 0.15) is 0 Å². The Kier molecular flexibility index (Phi) is 3.99. The average molecular weight is 254 g/mol. The van der Waals surface area contributed by atoms with Crippen LogP contribution in [-0.4, -0.2) is 18.7 Å². The van der Waals surface area contributed by atoms with Crippen LogP contribution in [0, 0.1) is 12.3 Å². The van der Waals surface area contributed by atoms with Crippen LogP contribution >= 0.6 is 15.9 Å². The van der Waals surface area contributed by atoms with E-state index in [-0.39, 0.29) is 6.61 Å². The fourth-order valence-electron chi connectivity index (χ4n) is 1.28. The number of rotatable bonds is 3. The van der Waals surface area contributed by atoms with E-state index in [0.717, 1.165) is 15.7 Å². The molecule has 0 spiro atoms. The van der Waals surface area contributed by atoms with Crippen LogP contribution in [0.3, 0.4) is 0 Å². The van der Waals surface area contributed by atoms with Crippen LogP contribution < -0.4 is 4.90 Å². The highest BCUT2D eigenvalue weighted by molar-refractivity contribution is 9.10. The van der Waals surface area contributed by atoms with Gasteiger partial charge in [-0.05, 0) is 18.2 Å². The summed E-state index contributed by atoms with van der Waals surface area (Å²) in [5.41, 5.74) is 1.84. The van der Waals surface area contributed by atoms with Gasteiger partial charge in [0.25, 0.3) is 0 Å². The molecule has 0 aromatic heterocycles. The lowest BCUT2D eigenvalue weighted by molar-refractivity contribution is 0.282. The Morgan fingerprint density at radius 1 is 1.57 bits per heavy atom. The van der Waals surface area contributed by atoms with Crippen LogP contribution in [0.1, 0.15) is 5.56 Å². The van der Waals surface area contributed by atoms with Gasteiger partial charge in [-0.2, -0.15) is 0 Å². The van der Waals surface area contributed by atoms with Crippen molar-refractivity contribution < 1.29 is 5.11 Å². The second-order valence-electron chi connectivity index (χ2n) is 2.99. The van der Waals surface area contributed by atoms with Crippen LogP contribution in [0.5, 0.6) is 0 Å². The maximum Gasteiger partial charge on any atom is 0.0788 e. The lowest BCUT2D eigenvalue weighted by Gasteiger charge is -2.19. The average Bonchev–Trinajstić information content (AvgIpc) is 2.17. The SMILES string of the molecule is C#CCN(C)c1ccc(Br)cc1CO. The van der Waals surface area contributed by atoms with Crippen molar-refractivity contribution in [1.29, 1.82) is 0 Å². The van der Waals surface area contributed by atoms with Crippen molar-refractivity contribution in [2.24, 2.45) is 0 Å². The number of halogens is 1. The van der Waals surface area contributed by atoms with E-state index in [1.54, 1.807) is 0 Å². The summed E-state index contributed by atoms with van der Waals surface area (Å²) < 4.78 is 0.958. The maximum absolute atomic E-state index is 9.16. The van der Waals surface area contributed by atoms with Crippen molar-refractivity contribution in [3.63, 3.8) is 0 Å². The van der Waals surface area contributed by atoms with Crippen LogP contribution in [0.4, 0.5) is 5.69 Å². The van der Waals surface area contributed by atoms with E-state index in [0.29, 0.717) is 6.54 Å². The Balaban J connectivity index is 3.02. The summed E-state index contributed by atoms with van der Waals surface area (Å²) in [5, 5.41) is 9.16. The van der Waals surface area contributed by atoms with Gasteiger partial charge in [-0.3, -0.25) is 0 Å². The molecule has 14 heavy (non-hydrogen) atoms. The summed E-state index contributed by atoms with van der Waals surface area (Å²) in [5.74, 6) is 2.56. The van der Waals surface area contributed by atoms with Crippen LogP contribution in [-0.2, 0) is 6.61 Å². The number of aliphatic hydroxyl groups excluding tert-OH is 1. The molecule has 3 heteroatoms. The quantitative estimate of drug-likeness (QED) is 0.834. The molecule has 0 fully saturated rings. The summed E-state index contributed by atoms with van der Waals surface area (Å²) in [6.45, 7) is 0.554. The number of nitrogens with zero attached hydrogens (tertiary/aromatic N) is 1. The van der Waals surface area contributed by atoms with Crippen molar-refractivity contribution in [2.75, 3.05) is 18.5 Å². The van der Waals surface area contributed by atoms with Gasteiger partial charge in [-0.25, -0.2) is 0 Å². The van der Waals surface area contributed by atoms with Gasteiger partial charge in [0.05, 0.1) is 13.2 Å². The second kappa shape index (κ2) is 5.04. The normalized spacial score (nSPS) is 9.57. The molecule has 1 N–H and O–H groups in total. The summed E-state index contributed by atoms with van der Waals surface area (Å²) in [7, 11) is 1.91. The first-order valence-corrected chi connectivity index (χ1v) is 5.02. The summed E-state index contributed by atoms with van der Waals surface area (Å²) in [4.78, 5) is 1.93. The zero-order valence-electron chi connectivity index (χ0n) is 8.00. The molecule has 0 aliphatic carbocycles. The smallest absolute Gasteiger partial charge is 0.0788 e. The number of terminal acetylenes is 1. The molecule has 1 aromatic carbocycles. The molecule has 0 heterocycles. The van der Waals surface area contributed by atoms with Crippen molar-refractivity contribution in [1.82, 2.24) is 0 Å². The third-order valence-corrected chi connectivity index (χ3v) is 2.44. The fourth-order valence-corrected chi connectivity index (χ4v) is 1.68. The van der Waals surface area contributed by atoms with Crippen molar-refractivity contribution >= 4 is 21.6 Å². The Labute approximate surface area is 92.7 Å². The molecule has 0 aliphatic rings. The van der Waals surface area contributed by atoms with Gasteiger partial charge in [0.2, 0.25) is 0 Å². The highest BCUT2D eigenvalue weighted by Crippen LogP contribution is 2.23. The molecule has 74 valence electrons. The monoisotopic (exact) mass is 253 g/mol. The third-order valence-electron chi connectivity index (χ3n) is 1.95. The molecule has 0 saturated carbocycles. The van der Waals surface area contributed by atoms with Crippen LogP contribution in [0.25, 0.3) is 0 Å². The lowest BCUT2D eigenvalue weighted by atomic mass is 10.2. The molecule has 0 bridgehead atoms. The first-order chi connectivity index (χ1) is 6.69. The van der Waals surface area contributed by atoms with E-state index < -0.39 is 0 Å². The molecule has 0 saturated heterocycles. The van der Waals surface area contributed by atoms with Gasteiger partial charge in [0, 0.05) is 22.8 Å². The molecular formula is C11H12BrNO. The summed E-state index contributed by atoms with van der Waals surface area (Å²) in [6.07, 6.45) is 5.22. The molecule has 0 atom stereocenters. The molecule has 0 unspecified atom stereocenters. The fraction of sp³-hybridized carbons (Fsp3) is 0.273. The van der Waals surface area contributed by atoms with Crippen molar-refractivity contribution in [3.05, 3.63) is 28.2 Å². The summed E-state index contributed by atoms with van der Waals surface area (Å²) in [6, 6.07) is 5.76. The van der Waals surface area contributed by atoms with Crippen molar-refractivity contribution in [3.8, 4) is 12.3 Å². The van der Waals surface area contributed by atoms with Gasteiger partial charge >= 0.3 is 0 Å². The van der Waals surface area contributed by atoms with Crippen LogP contribution in [0.15, 0.2) is 22.7 Å².